The van der Waals surface area contributed by atoms with Gasteiger partial charge < -0.3 is 4.74 Å². The number of rotatable bonds is 6. The zero-order valence-electron chi connectivity index (χ0n) is 19.1. The predicted molar refractivity (Wildman–Crippen MR) is 144 cm³/mol. The first-order chi connectivity index (χ1) is 17.1. The second-order valence-electron chi connectivity index (χ2n) is 7.72. The molecule has 1 aliphatic rings. The average Bonchev–Trinajstić information content (AvgIpc) is 3.51. The maximum Gasteiger partial charge on any atom is 0.338 e. The van der Waals surface area contributed by atoms with E-state index >= 15 is 0 Å². The molecule has 0 N–H and O–H groups in total. The SMILES string of the molecule is CCOC(=O)C1=C(c2ccccc2)N=c2s/c(=C\c3cccs3)c(=O)n2C1c1ccc(SC)cc1. The van der Waals surface area contributed by atoms with Crippen LogP contribution in [0.2, 0.25) is 0 Å². The fourth-order valence-electron chi connectivity index (χ4n) is 4.04. The van der Waals surface area contributed by atoms with Gasteiger partial charge in [0.05, 0.1) is 28.5 Å². The zero-order valence-corrected chi connectivity index (χ0v) is 21.6. The summed E-state index contributed by atoms with van der Waals surface area (Å²) in [5.74, 6) is -0.471. The van der Waals surface area contributed by atoms with Gasteiger partial charge in [-0.25, -0.2) is 9.79 Å². The van der Waals surface area contributed by atoms with Gasteiger partial charge in [0.15, 0.2) is 4.80 Å². The molecule has 3 heterocycles. The van der Waals surface area contributed by atoms with Gasteiger partial charge in [-0.1, -0.05) is 59.9 Å². The number of esters is 1. The molecule has 4 aromatic rings. The van der Waals surface area contributed by atoms with E-state index in [4.69, 9.17) is 9.73 Å². The van der Waals surface area contributed by atoms with Crippen molar-refractivity contribution in [2.75, 3.05) is 12.9 Å². The largest absolute Gasteiger partial charge is 0.463 e. The molecule has 0 spiro atoms. The van der Waals surface area contributed by atoms with Crippen LogP contribution in [0.5, 0.6) is 0 Å². The minimum Gasteiger partial charge on any atom is -0.463 e. The van der Waals surface area contributed by atoms with E-state index in [1.54, 1.807) is 34.6 Å². The molecule has 1 unspecified atom stereocenters. The molecular formula is C27H22N2O3S3. The Labute approximate surface area is 214 Å². The fraction of sp³-hybridized carbons (Fsp3) is 0.148. The number of thioether (sulfide) groups is 1. The minimum atomic E-state index is -0.651. The van der Waals surface area contributed by atoms with Crippen molar-refractivity contribution in [1.29, 1.82) is 0 Å². The van der Waals surface area contributed by atoms with Gasteiger partial charge in [-0.15, -0.1) is 23.1 Å². The van der Waals surface area contributed by atoms with Crippen LogP contribution in [0, 0.1) is 0 Å². The van der Waals surface area contributed by atoms with Gasteiger partial charge in [-0.3, -0.25) is 9.36 Å². The van der Waals surface area contributed by atoms with Crippen LogP contribution in [0.1, 0.15) is 29.0 Å². The van der Waals surface area contributed by atoms with Crippen molar-refractivity contribution in [3.63, 3.8) is 0 Å². The molecule has 0 saturated carbocycles. The molecule has 0 fully saturated rings. The second-order valence-corrected chi connectivity index (χ2v) is 10.6. The third-order valence-electron chi connectivity index (χ3n) is 5.62. The number of hydrogen-bond donors (Lipinski definition) is 0. The van der Waals surface area contributed by atoms with Crippen LogP contribution in [-0.4, -0.2) is 23.4 Å². The Kier molecular flexibility index (Phi) is 6.86. The predicted octanol–water partition coefficient (Wildman–Crippen LogP) is 4.72. The molecule has 0 aliphatic carbocycles. The molecule has 176 valence electrons. The van der Waals surface area contributed by atoms with Gasteiger partial charge in [0.1, 0.15) is 0 Å². The molecule has 5 rings (SSSR count). The number of thiophene rings is 1. The van der Waals surface area contributed by atoms with E-state index in [2.05, 4.69) is 0 Å². The standard InChI is InChI=1S/C27H22N2O3S3/c1-3-32-26(31)22-23(17-8-5-4-6-9-17)28-27-29(24(22)18-11-13-19(33-2)14-12-18)25(30)21(35-27)16-20-10-7-15-34-20/h4-16,24H,3H2,1-2H3/b21-16-. The van der Waals surface area contributed by atoms with Crippen LogP contribution in [0.15, 0.2) is 92.4 Å². The number of nitrogens with zero attached hydrogens (tertiary/aromatic N) is 2. The Hall–Kier alpha value is -3.20. The molecule has 1 atom stereocenters. The summed E-state index contributed by atoms with van der Waals surface area (Å²) in [6, 6.07) is 20.8. The van der Waals surface area contributed by atoms with Crippen LogP contribution in [0.25, 0.3) is 11.8 Å². The smallest absolute Gasteiger partial charge is 0.338 e. The minimum absolute atomic E-state index is 0.171. The van der Waals surface area contributed by atoms with E-state index in [-0.39, 0.29) is 12.2 Å². The van der Waals surface area contributed by atoms with Gasteiger partial charge >= 0.3 is 5.97 Å². The Morgan fingerprint density at radius 2 is 1.89 bits per heavy atom. The number of ether oxygens (including phenoxy) is 1. The summed E-state index contributed by atoms with van der Waals surface area (Å²) in [7, 11) is 0. The monoisotopic (exact) mass is 518 g/mol. The van der Waals surface area contributed by atoms with Crippen molar-refractivity contribution in [2.45, 2.75) is 17.9 Å². The highest BCUT2D eigenvalue weighted by molar-refractivity contribution is 7.98. The number of aromatic nitrogens is 1. The molecule has 2 aromatic heterocycles. The first-order valence-corrected chi connectivity index (χ1v) is 14.0. The molecule has 0 radical (unpaired) electrons. The van der Waals surface area contributed by atoms with E-state index in [1.807, 2.05) is 84.4 Å². The van der Waals surface area contributed by atoms with Gasteiger partial charge in [0.25, 0.3) is 5.56 Å². The number of thiazole rings is 1. The van der Waals surface area contributed by atoms with E-state index < -0.39 is 12.0 Å². The Morgan fingerprint density at radius 3 is 2.54 bits per heavy atom. The van der Waals surface area contributed by atoms with Crippen LogP contribution < -0.4 is 14.9 Å². The summed E-state index contributed by atoms with van der Waals surface area (Å²) < 4.78 is 7.71. The number of carbonyl (C=O) groups is 1. The normalized spacial score (nSPS) is 15.6. The summed E-state index contributed by atoms with van der Waals surface area (Å²) in [5, 5.41) is 1.98. The first kappa shape index (κ1) is 23.5. The summed E-state index contributed by atoms with van der Waals surface area (Å²) >= 11 is 4.54. The van der Waals surface area contributed by atoms with Crippen molar-refractivity contribution in [3.05, 3.63) is 113 Å². The highest BCUT2D eigenvalue weighted by Gasteiger charge is 2.35. The maximum absolute atomic E-state index is 13.7. The lowest BCUT2D eigenvalue weighted by Crippen LogP contribution is -2.39. The molecule has 0 amide bonds. The van der Waals surface area contributed by atoms with E-state index in [9.17, 15) is 9.59 Å². The van der Waals surface area contributed by atoms with Crippen LogP contribution in [-0.2, 0) is 9.53 Å². The molecule has 0 saturated heterocycles. The average molecular weight is 519 g/mol. The van der Waals surface area contributed by atoms with Crippen molar-refractivity contribution in [1.82, 2.24) is 4.57 Å². The van der Waals surface area contributed by atoms with Crippen LogP contribution in [0.3, 0.4) is 0 Å². The maximum atomic E-state index is 13.7. The lowest BCUT2D eigenvalue weighted by atomic mass is 9.93. The van der Waals surface area contributed by atoms with Crippen LogP contribution in [0.4, 0.5) is 0 Å². The number of fused-ring (bicyclic) bond motifs is 1. The van der Waals surface area contributed by atoms with E-state index in [0.29, 0.717) is 20.6 Å². The molecule has 1 aliphatic heterocycles. The number of benzene rings is 2. The lowest BCUT2D eigenvalue weighted by Gasteiger charge is -2.26. The molecule has 8 heteroatoms. The first-order valence-electron chi connectivity index (χ1n) is 11.1. The van der Waals surface area contributed by atoms with Gasteiger partial charge in [0, 0.05) is 15.3 Å². The van der Waals surface area contributed by atoms with Crippen molar-refractivity contribution < 1.29 is 9.53 Å². The van der Waals surface area contributed by atoms with E-state index in [1.165, 1.54) is 11.3 Å². The molecular weight excluding hydrogens is 497 g/mol. The highest BCUT2D eigenvalue weighted by Crippen LogP contribution is 2.35. The van der Waals surface area contributed by atoms with Crippen LogP contribution >= 0.6 is 34.4 Å². The zero-order chi connectivity index (χ0) is 24.4. The second kappa shape index (κ2) is 10.2. The summed E-state index contributed by atoms with van der Waals surface area (Å²) in [4.78, 5) is 34.6. The lowest BCUT2D eigenvalue weighted by molar-refractivity contribution is -0.138. The third kappa shape index (κ3) is 4.57. The third-order valence-corrected chi connectivity index (χ3v) is 8.17. The molecule has 0 bridgehead atoms. The fourth-order valence-corrected chi connectivity index (χ4v) is 6.18. The Morgan fingerprint density at radius 1 is 1.11 bits per heavy atom. The Balaban J connectivity index is 1.83. The summed E-state index contributed by atoms with van der Waals surface area (Å²) in [6.07, 6.45) is 3.90. The van der Waals surface area contributed by atoms with Gasteiger partial charge in [0.2, 0.25) is 0 Å². The van der Waals surface area contributed by atoms with E-state index in [0.717, 1.165) is 20.9 Å². The topological polar surface area (TPSA) is 60.7 Å². The number of hydrogen-bond acceptors (Lipinski definition) is 7. The molecule has 2 aromatic carbocycles. The quantitative estimate of drug-likeness (QED) is 0.274. The summed E-state index contributed by atoms with van der Waals surface area (Å²) in [5.41, 5.74) is 2.36. The Bertz CT molecular complexity index is 1570. The van der Waals surface area contributed by atoms with Crippen molar-refractivity contribution in [3.8, 4) is 0 Å². The molecule has 5 nitrogen and oxygen atoms in total. The van der Waals surface area contributed by atoms with Crippen molar-refractivity contribution in [2.24, 2.45) is 4.99 Å². The van der Waals surface area contributed by atoms with Crippen molar-refractivity contribution >= 4 is 52.2 Å². The summed E-state index contributed by atoms with van der Waals surface area (Å²) in [6.45, 7) is 2.00. The number of carbonyl (C=O) groups excluding carboxylic acids is 1. The highest BCUT2D eigenvalue weighted by atomic mass is 32.2. The van der Waals surface area contributed by atoms with Gasteiger partial charge in [-0.2, -0.15) is 0 Å². The van der Waals surface area contributed by atoms with Gasteiger partial charge in [-0.05, 0) is 48.4 Å². The molecule has 35 heavy (non-hydrogen) atoms.